The molecule has 2 heterocycles. The van der Waals surface area contributed by atoms with Gasteiger partial charge >= 0.3 is 0 Å². The predicted molar refractivity (Wildman–Crippen MR) is 62.0 cm³/mol. The van der Waals surface area contributed by atoms with Gasteiger partial charge in [0, 0.05) is 18.7 Å². The van der Waals surface area contributed by atoms with Gasteiger partial charge in [0.2, 0.25) is 0 Å². The zero-order valence-corrected chi connectivity index (χ0v) is 9.89. The molecule has 1 saturated heterocycles. The minimum absolute atomic E-state index is 0.117. The van der Waals surface area contributed by atoms with Gasteiger partial charge in [0.25, 0.3) is 11.5 Å². The molecule has 1 aromatic rings. The van der Waals surface area contributed by atoms with E-state index in [0.29, 0.717) is 12.3 Å². The SMILES string of the molecule is Cc1cc(=O)n(C(=O)CN2CCC[C@@H](N)C2)o1. The molecule has 94 valence electrons. The van der Waals surface area contributed by atoms with Gasteiger partial charge in [0.15, 0.2) is 0 Å². The molecule has 0 bridgehead atoms. The lowest BCUT2D eigenvalue weighted by atomic mass is 10.1. The molecule has 2 rings (SSSR count). The molecule has 6 heteroatoms. The molecule has 0 aromatic carbocycles. The first kappa shape index (κ1) is 12.1. The van der Waals surface area contributed by atoms with Crippen LogP contribution in [0, 0.1) is 6.92 Å². The molecule has 0 unspecified atom stereocenters. The molecule has 1 atom stereocenters. The Balaban J connectivity index is 2.01. The van der Waals surface area contributed by atoms with E-state index in [4.69, 9.17) is 10.3 Å². The molecule has 0 amide bonds. The molecule has 0 spiro atoms. The number of carbonyl (C=O) groups is 1. The van der Waals surface area contributed by atoms with Crippen molar-refractivity contribution in [1.82, 2.24) is 9.64 Å². The second-order valence-corrected chi connectivity index (χ2v) is 4.51. The average molecular weight is 239 g/mol. The number of carbonyl (C=O) groups excluding carboxylic acids is 1. The Morgan fingerprint density at radius 2 is 2.41 bits per heavy atom. The number of hydrogen-bond acceptors (Lipinski definition) is 5. The Kier molecular flexibility index (Phi) is 3.44. The van der Waals surface area contributed by atoms with Crippen molar-refractivity contribution in [3.8, 4) is 0 Å². The van der Waals surface area contributed by atoms with Crippen LogP contribution in [0.3, 0.4) is 0 Å². The van der Waals surface area contributed by atoms with E-state index < -0.39 is 5.56 Å². The predicted octanol–water partition coefficient (Wildman–Crippen LogP) is -0.187. The average Bonchev–Trinajstić information content (AvgIpc) is 2.58. The fourth-order valence-electron chi connectivity index (χ4n) is 2.11. The Morgan fingerprint density at radius 1 is 1.65 bits per heavy atom. The lowest BCUT2D eigenvalue weighted by Crippen LogP contribution is -2.46. The van der Waals surface area contributed by atoms with Crippen molar-refractivity contribution in [2.75, 3.05) is 19.6 Å². The van der Waals surface area contributed by atoms with Gasteiger partial charge in [-0.05, 0) is 26.3 Å². The monoisotopic (exact) mass is 239 g/mol. The van der Waals surface area contributed by atoms with E-state index in [0.717, 1.165) is 24.1 Å². The highest BCUT2D eigenvalue weighted by molar-refractivity contribution is 5.79. The minimum atomic E-state index is -0.409. The topological polar surface area (TPSA) is 81.5 Å². The molecule has 1 aliphatic heterocycles. The molecule has 1 aliphatic rings. The van der Waals surface area contributed by atoms with Gasteiger partial charge in [-0.3, -0.25) is 14.5 Å². The van der Waals surface area contributed by atoms with Crippen LogP contribution in [0.5, 0.6) is 0 Å². The van der Waals surface area contributed by atoms with Crippen molar-refractivity contribution in [2.45, 2.75) is 25.8 Å². The minimum Gasteiger partial charge on any atom is -0.373 e. The second-order valence-electron chi connectivity index (χ2n) is 4.51. The summed E-state index contributed by atoms with van der Waals surface area (Å²) in [5, 5.41) is 0. The van der Waals surface area contributed by atoms with Crippen LogP contribution < -0.4 is 11.3 Å². The van der Waals surface area contributed by atoms with Crippen molar-refractivity contribution < 1.29 is 9.32 Å². The molecule has 1 aromatic heterocycles. The van der Waals surface area contributed by atoms with Gasteiger partial charge in [-0.25, -0.2) is 0 Å². The van der Waals surface area contributed by atoms with Gasteiger partial charge in [0.1, 0.15) is 5.76 Å². The summed E-state index contributed by atoms with van der Waals surface area (Å²) in [5.41, 5.74) is 5.42. The van der Waals surface area contributed by atoms with Gasteiger partial charge in [-0.2, -0.15) is 0 Å². The van der Waals surface area contributed by atoms with Crippen LogP contribution in [0.4, 0.5) is 0 Å². The first-order valence-corrected chi connectivity index (χ1v) is 5.77. The zero-order chi connectivity index (χ0) is 12.4. The summed E-state index contributed by atoms with van der Waals surface area (Å²) in [4.78, 5) is 25.2. The number of nitrogens with zero attached hydrogens (tertiary/aromatic N) is 2. The largest absolute Gasteiger partial charge is 0.373 e. The third kappa shape index (κ3) is 2.83. The van der Waals surface area contributed by atoms with Crippen LogP contribution >= 0.6 is 0 Å². The first-order chi connectivity index (χ1) is 8.06. The number of nitrogens with two attached hydrogens (primary N) is 1. The van der Waals surface area contributed by atoms with E-state index in [1.807, 2.05) is 4.90 Å². The maximum Gasteiger partial charge on any atom is 0.290 e. The van der Waals surface area contributed by atoms with Gasteiger partial charge in [-0.1, -0.05) is 0 Å². The highest BCUT2D eigenvalue weighted by atomic mass is 16.5. The zero-order valence-electron chi connectivity index (χ0n) is 9.89. The van der Waals surface area contributed by atoms with E-state index >= 15 is 0 Å². The van der Waals surface area contributed by atoms with Gasteiger partial charge < -0.3 is 10.3 Å². The molecule has 0 radical (unpaired) electrons. The number of likely N-dealkylation sites (tertiary alicyclic amines) is 1. The normalized spacial score (nSPS) is 21.6. The third-order valence-corrected chi connectivity index (χ3v) is 2.89. The van der Waals surface area contributed by atoms with Crippen LogP contribution in [0.25, 0.3) is 0 Å². The summed E-state index contributed by atoms with van der Waals surface area (Å²) in [5.74, 6) is 0.107. The lowest BCUT2D eigenvalue weighted by Gasteiger charge is -2.29. The molecule has 6 nitrogen and oxygen atoms in total. The Bertz CT molecular complexity index is 463. The number of piperidine rings is 1. The maximum atomic E-state index is 11.8. The molecule has 17 heavy (non-hydrogen) atoms. The van der Waals surface area contributed by atoms with Crippen LogP contribution in [-0.2, 0) is 0 Å². The van der Waals surface area contributed by atoms with Crippen molar-refractivity contribution >= 4 is 5.91 Å². The highest BCUT2D eigenvalue weighted by Crippen LogP contribution is 2.07. The van der Waals surface area contributed by atoms with Crippen LogP contribution in [-0.4, -0.2) is 41.2 Å². The molecular formula is C11H17N3O3. The fourth-order valence-corrected chi connectivity index (χ4v) is 2.11. The van der Waals surface area contributed by atoms with Gasteiger partial charge in [0.05, 0.1) is 6.54 Å². The van der Waals surface area contributed by atoms with E-state index in [2.05, 4.69) is 0 Å². The Morgan fingerprint density at radius 3 is 3.00 bits per heavy atom. The standard InChI is InChI=1S/C11H17N3O3/c1-8-5-10(15)14(17-8)11(16)7-13-4-2-3-9(12)6-13/h5,9H,2-4,6-7,12H2,1H3/t9-/m1/s1. The molecular weight excluding hydrogens is 222 g/mol. The summed E-state index contributed by atoms with van der Waals surface area (Å²) < 4.78 is 5.86. The first-order valence-electron chi connectivity index (χ1n) is 5.77. The summed E-state index contributed by atoms with van der Waals surface area (Å²) in [6.07, 6.45) is 1.98. The van der Waals surface area contributed by atoms with Crippen molar-refractivity contribution in [3.05, 3.63) is 22.2 Å². The molecule has 0 saturated carbocycles. The summed E-state index contributed by atoms with van der Waals surface area (Å²) >= 11 is 0. The van der Waals surface area contributed by atoms with Crippen molar-refractivity contribution in [2.24, 2.45) is 5.73 Å². The number of hydrogen-bond donors (Lipinski definition) is 1. The quantitative estimate of drug-likeness (QED) is 0.773. The van der Waals surface area contributed by atoms with E-state index in [-0.39, 0.29) is 18.5 Å². The van der Waals surface area contributed by atoms with Crippen LogP contribution in [0.15, 0.2) is 15.4 Å². The van der Waals surface area contributed by atoms with Crippen LogP contribution in [0.1, 0.15) is 23.4 Å². The van der Waals surface area contributed by atoms with Gasteiger partial charge in [-0.15, -0.1) is 4.74 Å². The molecule has 1 fully saturated rings. The molecule has 2 N–H and O–H groups in total. The number of aromatic nitrogens is 1. The second kappa shape index (κ2) is 4.85. The van der Waals surface area contributed by atoms with Crippen molar-refractivity contribution in [3.63, 3.8) is 0 Å². The number of rotatable bonds is 2. The highest BCUT2D eigenvalue weighted by Gasteiger charge is 2.21. The van der Waals surface area contributed by atoms with Crippen LogP contribution in [0.2, 0.25) is 0 Å². The molecule has 0 aliphatic carbocycles. The number of aryl methyl sites for hydroxylation is 1. The fraction of sp³-hybridized carbons (Fsp3) is 0.636. The Labute approximate surface area is 98.9 Å². The Hall–Kier alpha value is -1.40. The van der Waals surface area contributed by atoms with E-state index in [1.165, 1.54) is 6.07 Å². The lowest BCUT2D eigenvalue weighted by molar-refractivity contribution is 0.0693. The van der Waals surface area contributed by atoms with Crippen molar-refractivity contribution in [1.29, 1.82) is 0 Å². The van der Waals surface area contributed by atoms with E-state index in [9.17, 15) is 9.59 Å². The summed E-state index contributed by atoms with van der Waals surface area (Å²) in [7, 11) is 0. The third-order valence-electron chi connectivity index (χ3n) is 2.89. The van der Waals surface area contributed by atoms with E-state index in [1.54, 1.807) is 6.92 Å². The maximum absolute atomic E-state index is 11.8. The smallest absolute Gasteiger partial charge is 0.290 e. The summed E-state index contributed by atoms with van der Waals surface area (Å²) in [6.45, 7) is 3.36. The summed E-state index contributed by atoms with van der Waals surface area (Å²) in [6, 6.07) is 1.42.